The molecule has 104 valence electrons. The minimum atomic E-state index is 0.859. The van der Waals surface area contributed by atoms with E-state index in [9.17, 15) is 0 Å². The monoisotopic (exact) mass is 293 g/mol. The molecular formula is C17H15N3S. The molecule has 0 saturated heterocycles. The maximum absolute atomic E-state index is 4.75. The van der Waals surface area contributed by atoms with Gasteiger partial charge in [0.25, 0.3) is 0 Å². The Bertz CT molecular complexity index is 759. The van der Waals surface area contributed by atoms with Gasteiger partial charge in [0.05, 0.1) is 16.8 Å². The molecule has 3 nitrogen and oxygen atoms in total. The molecule has 1 aliphatic rings. The number of anilines is 1. The third-order valence-corrected chi connectivity index (χ3v) is 4.71. The van der Waals surface area contributed by atoms with Crippen LogP contribution in [0.15, 0.2) is 59.6 Å². The van der Waals surface area contributed by atoms with Crippen molar-refractivity contribution < 1.29 is 0 Å². The summed E-state index contributed by atoms with van der Waals surface area (Å²) in [5.41, 5.74) is 2.37. The largest absolute Gasteiger partial charge is 0.304 e. The summed E-state index contributed by atoms with van der Waals surface area (Å²) in [6, 6.07) is 18.8. The summed E-state index contributed by atoms with van der Waals surface area (Å²) in [7, 11) is 0. The van der Waals surface area contributed by atoms with Crippen molar-refractivity contribution in [3.05, 3.63) is 60.2 Å². The molecule has 0 N–H and O–H groups in total. The van der Waals surface area contributed by atoms with Crippen LogP contribution in [0.5, 0.6) is 0 Å². The Morgan fingerprint density at radius 1 is 1.00 bits per heavy atom. The van der Waals surface area contributed by atoms with Gasteiger partial charge in [-0.15, -0.1) is 0 Å². The van der Waals surface area contributed by atoms with E-state index in [1.54, 1.807) is 11.3 Å². The lowest BCUT2D eigenvalue weighted by Gasteiger charge is -2.16. The third-order valence-electron chi connectivity index (χ3n) is 3.65. The molecule has 0 fully saturated rings. The van der Waals surface area contributed by atoms with E-state index in [2.05, 4.69) is 52.4 Å². The average Bonchev–Trinajstić information content (AvgIpc) is 3.14. The number of benzene rings is 2. The molecule has 0 unspecified atom stereocenters. The van der Waals surface area contributed by atoms with Crippen LogP contribution in [0.3, 0.4) is 0 Å². The van der Waals surface area contributed by atoms with E-state index in [1.165, 1.54) is 10.3 Å². The number of para-hydroxylation sites is 1. The van der Waals surface area contributed by atoms with E-state index in [0.29, 0.717) is 0 Å². The average molecular weight is 293 g/mol. The van der Waals surface area contributed by atoms with Crippen LogP contribution >= 0.6 is 11.3 Å². The first kappa shape index (κ1) is 12.5. The predicted octanol–water partition coefficient (Wildman–Crippen LogP) is 3.76. The van der Waals surface area contributed by atoms with Gasteiger partial charge in [-0.2, -0.15) is 0 Å². The van der Waals surface area contributed by atoms with Crippen LogP contribution in [0.25, 0.3) is 10.2 Å². The second-order valence-electron chi connectivity index (χ2n) is 5.08. The molecule has 3 aromatic rings. The molecule has 1 aliphatic heterocycles. The molecule has 2 aromatic carbocycles. The Morgan fingerprint density at radius 2 is 1.81 bits per heavy atom. The molecule has 21 heavy (non-hydrogen) atoms. The van der Waals surface area contributed by atoms with Crippen LogP contribution in [0.4, 0.5) is 5.13 Å². The van der Waals surface area contributed by atoms with Gasteiger partial charge < -0.3 is 4.90 Å². The maximum atomic E-state index is 4.75. The summed E-state index contributed by atoms with van der Waals surface area (Å²) in [4.78, 5) is 11.7. The number of thiazole rings is 1. The minimum absolute atomic E-state index is 0.859. The Hall–Kier alpha value is -2.20. The van der Waals surface area contributed by atoms with Crippen molar-refractivity contribution in [2.24, 2.45) is 4.99 Å². The second kappa shape index (κ2) is 5.30. The molecule has 0 aliphatic carbocycles. The van der Waals surface area contributed by atoms with E-state index in [0.717, 1.165) is 36.0 Å². The number of amidine groups is 1. The molecule has 1 aromatic heterocycles. The molecule has 4 rings (SSSR count). The summed E-state index contributed by atoms with van der Waals surface area (Å²) in [5.74, 6) is 1.13. The predicted molar refractivity (Wildman–Crippen MR) is 89.4 cm³/mol. The summed E-state index contributed by atoms with van der Waals surface area (Å²) in [6.45, 7) is 1.79. The fourth-order valence-electron chi connectivity index (χ4n) is 2.60. The highest BCUT2D eigenvalue weighted by molar-refractivity contribution is 7.22. The number of hydrogen-bond donors (Lipinski definition) is 0. The van der Waals surface area contributed by atoms with E-state index >= 15 is 0 Å². The van der Waals surface area contributed by atoms with Gasteiger partial charge in [-0.05, 0) is 17.7 Å². The molecule has 0 spiro atoms. The van der Waals surface area contributed by atoms with Crippen molar-refractivity contribution in [1.82, 2.24) is 4.98 Å². The number of fused-ring (bicyclic) bond motifs is 1. The molecule has 0 atom stereocenters. The van der Waals surface area contributed by atoms with Gasteiger partial charge in [-0.25, -0.2) is 4.98 Å². The van der Waals surface area contributed by atoms with Gasteiger partial charge in [0.1, 0.15) is 5.84 Å². The van der Waals surface area contributed by atoms with Crippen molar-refractivity contribution in [3.63, 3.8) is 0 Å². The molecular weight excluding hydrogens is 278 g/mol. The zero-order valence-corrected chi connectivity index (χ0v) is 12.4. The van der Waals surface area contributed by atoms with Gasteiger partial charge in [0, 0.05) is 13.0 Å². The van der Waals surface area contributed by atoms with Crippen LogP contribution in [0.2, 0.25) is 0 Å². The quantitative estimate of drug-likeness (QED) is 0.735. The van der Waals surface area contributed by atoms with Gasteiger partial charge in [-0.3, -0.25) is 4.99 Å². The van der Waals surface area contributed by atoms with Gasteiger partial charge in [0.15, 0.2) is 5.13 Å². The van der Waals surface area contributed by atoms with Crippen LogP contribution in [0, 0.1) is 0 Å². The lowest BCUT2D eigenvalue weighted by atomic mass is 10.1. The topological polar surface area (TPSA) is 28.5 Å². The Kier molecular flexibility index (Phi) is 3.16. The first-order chi connectivity index (χ1) is 10.4. The number of aromatic nitrogens is 1. The Balaban J connectivity index is 1.63. The first-order valence-electron chi connectivity index (χ1n) is 7.10. The van der Waals surface area contributed by atoms with Crippen LogP contribution < -0.4 is 4.90 Å². The molecule has 4 heteroatoms. The summed E-state index contributed by atoms with van der Waals surface area (Å²) < 4.78 is 1.23. The SMILES string of the molecule is c1ccc(CC2=NCCN2c2nc3ccccc3s2)cc1. The standard InChI is InChI=1S/C17H15N3S/c1-2-6-13(7-3-1)12-16-18-10-11-20(16)17-19-14-8-4-5-9-15(14)21-17/h1-9H,10-12H2. The fraction of sp³-hybridized carbons (Fsp3) is 0.176. The van der Waals surface area contributed by atoms with E-state index in [-0.39, 0.29) is 0 Å². The normalized spacial score (nSPS) is 14.7. The van der Waals surface area contributed by atoms with E-state index in [4.69, 9.17) is 4.98 Å². The summed E-state index contributed by atoms with van der Waals surface area (Å²) in [6.07, 6.45) is 0.872. The summed E-state index contributed by atoms with van der Waals surface area (Å²) >= 11 is 1.74. The zero-order valence-electron chi connectivity index (χ0n) is 11.6. The third kappa shape index (κ3) is 2.43. The highest BCUT2D eigenvalue weighted by Crippen LogP contribution is 2.30. The number of rotatable bonds is 3. The van der Waals surface area contributed by atoms with Crippen LogP contribution in [0.1, 0.15) is 5.56 Å². The molecule has 2 heterocycles. The van der Waals surface area contributed by atoms with E-state index < -0.39 is 0 Å². The molecule has 0 amide bonds. The number of nitrogens with zero attached hydrogens (tertiary/aromatic N) is 3. The van der Waals surface area contributed by atoms with Gasteiger partial charge in [-0.1, -0.05) is 53.8 Å². The number of hydrogen-bond acceptors (Lipinski definition) is 4. The van der Waals surface area contributed by atoms with Crippen molar-refractivity contribution in [2.45, 2.75) is 6.42 Å². The second-order valence-corrected chi connectivity index (χ2v) is 6.09. The Labute approximate surface area is 127 Å². The molecule has 0 bridgehead atoms. The summed E-state index contributed by atoms with van der Waals surface area (Å²) in [5, 5.41) is 1.06. The van der Waals surface area contributed by atoms with Gasteiger partial charge in [0.2, 0.25) is 0 Å². The Morgan fingerprint density at radius 3 is 2.67 bits per heavy atom. The number of aliphatic imine (C=N–C) groups is 1. The first-order valence-corrected chi connectivity index (χ1v) is 7.92. The van der Waals surface area contributed by atoms with Gasteiger partial charge >= 0.3 is 0 Å². The maximum Gasteiger partial charge on any atom is 0.191 e. The van der Waals surface area contributed by atoms with E-state index in [1.807, 2.05) is 12.1 Å². The van der Waals surface area contributed by atoms with Crippen molar-refractivity contribution in [1.29, 1.82) is 0 Å². The lowest BCUT2D eigenvalue weighted by Crippen LogP contribution is -2.28. The highest BCUT2D eigenvalue weighted by Gasteiger charge is 2.21. The minimum Gasteiger partial charge on any atom is -0.304 e. The van der Waals surface area contributed by atoms with Crippen molar-refractivity contribution in [2.75, 3.05) is 18.0 Å². The van der Waals surface area contributed by atoms with Crippen molar-refractivity contribution >= 4 is 32.5 Å². The van der Waals surface area contributed by atoms with Crippen LogP contribution in [-0.4, -0.2) is 23.9 Å². The fourth-order valence-corrected chi connectivity index (χ4v) is 3.62. The lowest BCUT2D eigenvalue weighted by molar-refractivity contribution is 1.01. The van der Waals surface area contributed by atoms with Crippen LogP contribution in [-0.2, 0) is 6.42 Å². The van der Waals surface area contributed by atoms with Crippen molar-refractivity contribution in [3.8, 4) is 0 Å². The highest BCUT2D eigenvalue weighted by atomic mass is 32.1. The molecule has 0 saturated carbocycles. The molecule has 0 radical (unpaired) electrons. The smallest absolute Gasteiger partial charge is 0.191 e. The zero-order chi connectivity index (χ0) is 14.1.